The summed E-state index contributed by atoms with van der Waals surface area (Å²) in [5.74, 6) is -0.785. The zero-order chi connectivity index (χ0) is 14.4. The van der Waals surface area contributed by atoms with Crippen LogP contribution >= 0.6 is 0 Å². The third-order valence-corrected chi connectivity index (χ3v) is 3.57. The van der Waals surface area contributed by atoms with E-state index in [-0.39, 0.29) is 0 Å². The summed E-state index contributed by atoms with van der Waals surface area (Å²) in [5.41, 5.74) is 2.11. The monoisotopic (exact) mass is 274 g/mol. The first-order chi connectivity index (χ1) is 9.72. The molecule has 2 aromatic rings. The van der Waals surface area contributed by atoms with Crippen molar-refractivity contribution in [2.24, 2.45) is 0 Å². The molecule has 3 N–H and O–H groups in total. The van der Waals surface area contributed by atoms with Crippen LogP contribution in [0.2, 0.25) is 0 Å². The molecule has 0 saturated carbocycles. The highest BCUT2D eigenvalue weighted by atomic mass is 16.4. The smallest absolute Gasteiger partial charge is 0.321 e. The molecule has 4 nitrogen and oxygen atoms in total. The van der Waals surface area contributed by atoms with Gasteiger partial charge in [-0.1, -0.05) is 38.0 Å². The van der Waals surface area contributed by atoms with E-state index in [9.17, 15) is 9.90 Å². The minimum atomic E-state index is -0.785. The number of carboxylic acid groups (broad SMARTS) is 1. The second-order valence-corrected chi connectivity index (χ2v) is 5.12. The molecule has 0 bridgehead atoms. The van der Waals surface area contributed by atoms with Crippen molar-refractivity contribution in [1.82, 2.24) is 10.3 Å². The minimum Gasteiger partial charge on any atom is -0.480 e. The van der Waals surface area contributed by atoms with Crippen LogP contribution in [-0.2, 0) is 11.2 Å². The lowest BCUT2D eigenvalue weighted by Crippen LogP contribution is -2.39. The van der Waals surface area contributed by atoms with Crippen LogP contribution in [0.15, 0.2) is 30.5 Å². The number of benzene rings is 1. The lowest BCUT2D eigenvalue weighted by atomic mass is 10.0. The van der Waals surface area contributed by atoms with E-state index < -0.39 is 12.0 Å². The van der Waals surface area contributed by atoms with E-state index in [0.717, 1.165) is 42.3 Å². The van der Waals surface area contributed by atoms with Crippen molar-refractivity contribution in [2.75, 3.05) is 6.54 Å². The Balaban J connectivity index is 2.02. The van der Waals surface area contributed by atoms with Crippen molar-refractivity contribution in [1.29, 1.82) is 0 Å². The number of rotatable bonds is 8. The van der Waals surface area contributed by atoms with E-state index in [4.69, 9.17) is 0 Å². The highest BCUT2D eigenvalue weighted by Crippen LogP contribution is 2.19. The third kappa shape index (κ3) is 3.61. The average molecular weight is 274 g/mol. The van der Waals surface area contributed by atoms with Gasteiger partial charge in [0.15, 0.2) is 0 Å². The molecule has 0 saturated heterocycles. The van der Waals surface area contributed by atoms with Crippen LogP contribution in [0.5, 0.6) is 0 Å². The van der Waals surface area contributed by atoms with Gasteiger partial charge in [0.1, 0.15) is 6.04 Å². The molecule has 0 aliphatic rings. The number of hydrogen-bond donors (Lipinski definition) is 3. The fraction of sp³-hybridized carbons (Fsp3) is 0.438. The molecule has 0 fully saturated rings. The SMILES string of the molecule is CCCCCN[C@H](Cc1c[nH]c2ccccc12)C(=O)O. The maximum atomic E-state index is 11.4. The predicted octanol–water partition coefficient (Wildman–Crippen LogP) is 2.94. The first-order valence-corrected chi connectivity index (χ1v) is 7.23. The third-order valence-electron chi connectivity index (χ3n) is 3.57. The summed E-state index contributed by atoms with van der Waals surface area (Å²) in [7, 11) is 0. The van der Waals surface area contributed by atoms with Gasteiger partial charge < -0.3 is 15.4 Å². The molecule has 1 aromatic carbocycles. The first kappa shape index (κ1) is 14.6. The van der Waals surface area contributed by atoms with Gasteiger partial charge in [-0.25, -0.2) is 0 Å². The van der Waals surface area contributed by atoms with Crippen LogP contribution in [0.4, 0.5) is 0 Å². The molecule has 20 heavy (non-hydrogen) atoms. The Kier molecular flexibility index (Phi) is 5.18. The second kappa shape index (κ2) is 7.10. The molecule has 0 aliphatic heterocycles. The van der Waals surface area contributed by atoms with Gasteiger partial charge in [-0.2, -0.15) is 0 Å². The number of carboxylic acids is 1. The van der Waals surface area contributed by atoms with Crippen molar-refractivity contribution in [3.8, 4) is 0 Å². The van der Waals surface area contributed by atoms with Gasteiger partial charge in [0.05, 0.1) is 0 Å². The highest BCUT2D eigenvalue weighted by molar-refractivity contribution is 5.84. The summed E-state index contributed by atoms with van der Waals surface area (Å²) in [4.78, 5) is 14.5. The topological polar surface area (TPSA) is 65.1 Å². The molecule has 0 aliphatic carbocycles. The van der Waals surface area contributed by atoms with Gasteiger partial charge in [0, 0.05) is 23.5 Å². The lowest BCUT2D eigenvalue weighted by molar-refractivity contribution is -0.139. The number of para-hydroxylation sites is 1. The van der Waals surface area contributed by atoms with E-state index in [1.54, 1.807) is 0 Å². The van der Waals surface area contributed by atoms with Crippen LogP contribution in [0.1, 0.15) is 31.7 Å². The molecular formula is C16H22N2O2. The Labute approximate surface area is 119 Å². The van der Waals surface area contributed by atoms with Crippen molar-refractivity contribution >= 4 is 16.9 Å². The van der Waals surface area contributed by atoms with E-state index >= 15 is 0 Å². The fourth-order valence-electron chi connectivity index (χ4n) is 2.42. The molecule has 4 heteroatoms. The zero-order valence-corrected chi connectivity index (χ0v) is 11.9. The van der Waals surface area contributed by atoms with Crippen LogP contribution < -0.4 is 5.32 Å². The number of nitrogens with one attached hydrogen (secondary N) is 2. The number of unbranched alkanes of at least 4 members (excludes halogenated alkanes) is 2. The van der Waals surface area contributed by atoms with Gasteiger partial charge in [-0.3, -0.25) is 4.79 Å². The Morgan fingerprint density at radius 2 is 2.15 bits per heavy atom. The van der Waals surface area contributed by atoms with Gasteiger partial charge >= 0.3 is 5.97 Å². The van der Waals surface area contributed by atoms with Crippen molar-refractivity contribution in [3.05, 3.63) is 36.0 Å². The van der Waals surface area contributed by atoms with Crippen LogP contribution in [0, 0.1) is 0 Å². The largest absolute Gasteiger partial charge is 0.480 e. The van der Waals surface area contributed by atoms with E-state index in [0.29, 0.717) is 6.42 Å². The molecular weight excluding hydrogens is 252 g/mol. The number of aromatic amines is 1. The number of carbonyl (C=O) groups is 1. The van der Waals surface area contributed by atoms with Gasteiger partial charge in [0.25, 0.3) is 0 Å². The molecule has 108 valence electrons. The van der Waals surface area contributed by atoms with E-state index in [1.165, 1.54) is 0 Å². The van der Waals surface area contributed by atoms with Crippen molar-refractivity contribution in [3.63, 3.8) is 0 Å². The molecule has 2 rings (SSSR count). The zero-order valence-electron chi connectivity index (χ0n) is 11.9. The maximum absolute atomic E-state index is 11.4. The Bertz CT molecular complexity index is 562. The number of aromatic nitrogens is 1. The van der Waals surface area contributed by atoms with Gasteiger partial charge in [-0.05, 0) is 24.6 Å². The Morgan fingerprint density at radius 3 is 2.90 bits per heavy atom. The summed E-state index contributed by atoms with van der Waals surface area (Å²) in [6, 6.07) is 7.45. The number of aliphatic carboxylic acids is 1. The lowest BCUT2D eigenvalue weighted by Gasteiger charge is -2.14. The van der Waals surface area contributed by atoms with Gasteiger partial charge in [0.2, 0.25) is 0 Å². The average Bonchev–Trinajstić information content (AvgIpc) is 2.85. The molecule has 0 spiro atoms. The first-order valence-electron chi connectivity index (χ1n) is 7.23. The highest BCUT2D eigenvalue weighted by Gasteiger charge is 2.18. The number of hydrogen-bond acceptors (Lipinski definition) is 2. The summed E-state index contributed by atoms with van der Waals surface area (Å²) in [5, 5.41) is 13.6. The normalized spacial score (nSPS) is 12.7. The van der Waals surface area contributed by atoms with Crippen molar-refractivity contribution in [2.45, 2.75) is 38.6 Å². The summed E-state index contributed by atoms with van der Waals surface area (Å²) >= 11 is 0. The predicted molar refractivity (Wildman–Crippen MR) is 81.0 cm³/mol. The second-order valence-electron chi connectivity index (χ2n) is 5.12. The standard InChI is InChI=1S/C16H22N2O2/c1-2-3-6-9-17-15(16(19)20)10-12-11-18-14-8-5-4-7-13(12)14/h4-5,7-8,11,15,17-18H,2-3,6,9-10H2,1H3,(H,19,20)/t15-/m1/s1. The molecule has 0 amide bonds. The molecule has 1 heterocycles. The van der Waals surface area contributed by atoms with E-state index in [1.807, 2.05) is 30.5 Å². The molecule has 1 aromatic heterocycles. The molecule has 1 atom stereocenters. The minimum absolute atomic E-state index is 0.505. The maximum Gasteiger partial charge on any atom is 0.321 e. The summed E-state index contributed by atoms with van der Waals surface area (Å²) < 4.78 is 0. The summed E-state index contributed by atoms with van der Waals surface area (Å²) in [6.07, 6.45) is 5.71. The number of fused-ring (bicyclic) bond motifs is 1. The Morgan fingerprint density at radius 1 is 1.35 bits per heavy atom. The van der Waals surface area contributed by atoms with Crippen LogP contribution in [-0.4, -0.2) is 28.6 Å². The quantitative estimate of drug-likeness (QED) is 0.648. The van der Waals surface area contributed by atoms with Crippen LogP contribution in [0.25, 0.3) is 10.9 Å². The van der Waals surface area contributed by atoms with Crippen LogP contribution in [0.3, 0.4) is 0 Å². The Hall–Kier alpha value is -1.81. The van der Waals surface area contributed by atoms with E-state index in [2.05, 4.69) is 17.2 Å². The fourth-order valence-corrected chi connectivity index (χ4v) is 2.42. The number of H-pyrrole nitrogens is 1. The van der Waals surface area contributed by atoms with Crippen molar-refractivity contribution < 1.29 is 9.90 Å². The summed E-state index contributed by atoms with van der Waals surface area (Å²) in [6.45, 7) is 2.90. The van der Waals surface area contributed by atoms with Gasteiger partial charge in [-0.15, -0.1) is 0 Å². The molecule has 0 unspecified atom stereocenters. The molecule has 0 radical (unpaired) electrons.